The molecule has 30 heavy (non-hydrogen) atoms. The third-order valence-corrected chi connectivity index (χ3v) is 5.86. The lowest BCUT2D eigenvalue weighted by molar-refractivity contribution is -0.138. The van der Waals surface area contributed by atoms with E-state index in [4.69, 9.17) is 17.0 Å². The predicted octanol–water partition coefficient (Wildman–Crippen LogP) is 4.30. The maximum atomic E-state index is 13.7. The summed E-state index contributed by atoms with van der Waals surface area (Å²) in [4.78, 5) is 16.0. The van der Waals surface area contributed by atoms with Gasteiger partial charge < -0.3 is 19.9 Å². The first-order valence-corrected chi connectivity index (χ1v) is 10.3. The number of fused-ring (bicyclic) bond motifs is 1. The average molecular weight is 442 g/mol. The van der Waals surface area contributed by atoms with Crippen LogP contribution in [0.15, 0.2) is 17.8 Å². The Balaban J connectivity index is 2.36. The number of carbonyl (C=O) groups excluding carboxylic acids is 1. The number of nitrogens with one attached hydrogen (secondary N) is 1. The highest BCUT2D eigenvalue weighted by atomic mass is 32.1. The van der Waals surface area contributed by atoms with E-state index in [1.807, 2.05) is 20.8 Å². The summed E-state index contributed by atoms with van der Waals surface area (Å²) in [6, 6.07) is 2.37. The fourth-order valence-electron chi connectivity index (χ4n) is 4.18. The van der Waals surface area contributed by atoms with Gasteiger partial charge in [-0.1, -0.05) is 0 Å². The molecule has 1 N–H and O–H groups in total. The van der Waals surface area contributed by atoms with Gasteiger partial charge in [0.25, 0.3) is 0 Å². The van der Waals surface area contributed by atoms with Gasteiger partial charge in [0.1, 0.15) is 11.4 Å². The standard InChI is InChI=1S/C21H26F3N3O2S/c1-6-25-19(30)26(5)18-17(27-11-7-8-15(27)28)16-12(2)13(21(22,23)24)9-10-14(16)29-20(18,3)4/h9-10H,6-8,11H2,1-5H3,(H,25,30). The van der Waals surface area contributed by atoms with Gasteiger partial charge in [0.2, 0.25) is 5.91 Å². The van der Waals surface area contributed by atoms with Crippen molar-refractivity contribution in [2.24, 2.45) is 0 Å². The minimum Gasteiger partial charge on any atom is -0.481 e. The highest BCUT2D eigenvalue weighted by molar-refractivity contribution is 7.80. The fraction of sp³-hybridized carbons (Fsp3) is 0.524. The highest BCUT2D eigenvalue weighted by Crippen LogP contribution is 2.48. The first-order valence-electron chi connectivity index (χ1n) is 9.87. The van der Waals surface area contributed by atoms with Crippen molar-refractivity contribution in [3.05, 3.63) is 34.5 Å². The third-order valence-electron chi connectivity index (χ3n) is 5.44. The van der Waals surface area contributed by atoms with E-state index in [0.717, 1.165) is 6.07 Å². The molecule has 3 rings (SSSR count). The Labute approximate surface area is 179 Å². The molecule has 0 bridgehead atoms. The normalized spacial score (nSPS) is 18.3. The van der Waals surface area contributed by atoms with Crippen molar-refractivity contribution < 1.29 is 22.7 Å². The lowest BCUT2D eigenvalue weighted by atomic mass is 9.89. The number of thiocarbonyl (C=S) groups is 1. The number of amides is 1. The Hall–Kier alpha value is -2.29. The van der Waals surface area contributed by atoms with Crippen LogP contribution in [-0.2, 0) is 11.0 Å². The minimum absolute atomic E-state index is 0.0328. The second-order valence-corrected chi connectivity index (χ2v) is 8.35. The molecule has 1 amide bonds. The quantitative estimate of drug-likeness (QED) is 0.709. The monoisotopic (exact) mass is 441 g/mol. The van der Waals surface area contributed by atoms with Gasteiger partial charge in [-0.3, -0.25) is 4.79 Å². The summed E-state index contributed by atoms with van der Waals surface area (Å²) in [5.74, 6) is 0.206. The predicted molar refractivity (Wildman–Crippen MR) is 113 cm³/mol. The molecule has 0 spiro atoms. The Kier molecular flexibility index (Phi) is 5.79. The van der Waals surface area contributed by atoms with E-state index >= 15 is 0 Å². The molecule has 1 saturated heterocycles. The molecule has 0 saturated carbocycles. The van der Waals surface area contributed by atoms with Crippen LogP contribution in [0.1, 0.15) is 50.3 Å². The van der Waals surface area contributed by atoms with Crippen molar-refractivity contribution in [1.29, 1.82) is 0 Å². The maximum absolute atomic E-state index is 13.7. The van der Waals surface area contributed by atoms with E-state index in [9.17, 15) is 18.0 Å². The topological polar surface area (TPSA) is 44.8 Å². The number of likely N-dealkylation sites (tertiary alicyclic amines) is 1. The van der Waals surface area contributed by atoms with Crippen LogP contribution in [0.5, 0.6) is 5.75 Å². The largest absolute Gasteiger partial charge is 0.481 e. The van der Waals surface area contributed by atoms with Gasteiger partial charge in [-0.2, -0.15) is 13.2 Å². The highest BCUT2D eigenvalue weighted by Gasteiger charge is 2.45. The molecule has 2 aliphatic heterocycles. The second-order valence-electron chi connectivity index (χ2n) is 7.96. The van der Waals surface area contributed by atoms with Crippen LogP contribution >= 0.6 is 12.2 Å². The zero-order valence-corrected chi connectivity index (χ0v) is 18.6. The second kappa shape index (κ2) is 7.76. The lowest BCUT2D eigenvalue weighted by Gasteiger charge is -2.43. The molecule has 0 aromatic heterocycles. The summed E-state index contributed by atoms with van der Waals surface area (Å²) >= 11 is 5.47. The Morgan fingerprint density at radius 3 is 2.57 bits per heavy atom. The number of nitrogens with zero attached hydrogens (tertiary/aromatic N) is 2. The number of benzene rings is 1. The molecule has 2 heterocycles. The molecular weight excluding hydrogens is 415 g/mol. The zero-order valence-electron chi connectivity index (χ0n) is 17.7. The maximum Gasteiger partial charge on any atom is 0.416 e. The van der Waals surface area contributed by atoms with Gasteiger partial charge in [0.15, 0.2) is 5.11 Å². The van der Waals surface area contributed by atoms with Crippen molar-refractivity contribution >= 4 is 28.9 Å². The molecule has 1 aromatic rings. The van der Waals surface area contributed by atoms with Gasteiger partial charge in [0, 0.05) is 32.1 Å². The number of hydrogen-bond acceptors (Lipinski definition) is 3. The van der Waals surface area contributed by atoms with Crippen molar-refractivity contribution in [3.63, 3.8) is 0 Å². The number of likely N-dealkylation sites (N-methyl/N-ethyl adjacent to an activating group) is 1. The molecule has 5 nitrogen and oxygen atoms in total. The van der Waals surface area contributed by atoms with Crippen molar-refractivity contribution in [3.8, 4) is 5.75 Å². The Morgan fingerprint density at radius 2 is 2.03 bits per heavy atom. The Morgan fingerprint density at radius 1 is 1.37 bits per heavy atom. The molecule has 164 valence electrons. The van der Waals surface area contributed by atoms with Crippen LogP contribution in [0.3, 0.4) is 0 Å². The number of ether oxygens (including phenoxy) is 1. The van der Waals surface area contributed by atoms with Crippen LogP contribution in [0.25, 0.3) is 5.70 Å². The van der Waals surface area contributed by atoms with Crippen molar-refractivity contribution in [2.75, 3.05) is 20.1 Å². The average Bonchev–Trinajstić information content (AvgIpc) is 3.04. The third kappa shape index (κ3) is 3.75. The van der Waals surface area contributed by atoms with Crippen LogP contribution in [0.4, 0.5) is 13.2 Å². The lowest BCUT2D eigenvalue weighted by Crippen LogP contribution is -2.49. The van der Waals surface area contributed by atoms with Gasteiger partial charge in [0.05, 0.1) is 17.0 Å². The summed E-state index contributed by atoms with van der Waals surface area (Å²) in [7, 11) is 1.74. The SMILES string of the molecule is CCNC(=S)N(C)C1=C(N2CCCC2=O)c2c(ccc(C(F)(F)F)c2C)OC1(C)C. The number of rotatable bonds is 3. The molecule has 0 atom stereocenters. The van der Waals surface area contributed by atoms with Gasteiger partial charge >= 0.3 is 6.18 Å². The first kappa shape index (κ1) is 22.4. The van der Waals surface area contributed by atoms with Crippen molar-refractivity contribution in [2.45, 2.75) is 52.3 Å². The van der Waals surface area contributed by atoms with Crippen LogP contribution in [0.2, 0.25) is 0 Å². The fourth-order valence-corrected chi connectivity index (χ4v) is 4.42. The molecule has 0 radical (unpaired) electrons. The van der Waals surface area contributed by atoms with E-state index in [1.165, 1.54) is 13.0 Å². The van der Waals surface area contributed by atoms with E-state index < -0.39 is 17.3 Å². The molecule has 0 aliphatic carbocycles. The van der Waals surface area contributed by atoms with Gasteiger partial charge in [-0.25, -0.2) is 0 Å². The number of alkyl halides is 3. The first-order chi connectivity index (χ1) is 13.9. The van der Waals surface area contributed by atoms with Crippen LogP contribution < -0.4 is 10.1 Å². The summed E-state index contributed by atoms with van der Waals surface area (Å²) in [6.07, 6.45) is -3.52. The number of hydrogen-bond donors (Lipinski definition) is 1. The van der Waals surface area contributed by atoms with Gasteiger partial charge in [-0.05, 0) is 64.0 Å². The molecule has 0 unspecified atom stereocenters. The molecule has 9 heteroatoms. The van der Waals surface area contributed by atoms with E-state index in [-0.39, 0.29) is 11.5 Å². The molecular formula is C21H26F3N3O2S. The summed E-state index contributed by atoms with van der Waals surface area (Å²) in [5, 5.41) is 3.47. The molecule has 1 fully saturated rings. The minimum atomic E-state index is -4.52. The molecule has 1 aromatic carbocycles. The molecule has 2 aliphatic rings. The summed E-state index contributed by atoms with van der Waals surface area (Å²) < 4.78 is 47.1. The van der Waals surface area contributed by atoms with E-state index in [0.29, 0.717) is 53.8 Å². The zero-order chi connectivity index (χ0) is 22.4. The van der Waals surface area contributed by atoms with Crippen LogP contribution in [0, 0.1) is 6.92 Å². The van der Waals surface area contributed by atoms with Crippen LogP contribution in [-0.4, -0.2) is 46.6 Å². The number of halogens is 3. The summed E-state index contributed by atoms with van der Waals surface area (Å²) in [6.45, 7) is 7.99. The number of carbonyl (C=O) groups is 1. The van der Waals surface area contributed by atoms with E-state index in [1.54, 1.807) is 16.8 Å². The summed E-state index contributed by atoms with van der Waals surface area (Å²) in [5.41, 5.74) is -0.351. The van der Waals surface area contributed by atoms with E-state index in [2.05, 4.69) is 5.32 Å². The van der Waals surface area contributed by atoms with Crippen molar-refractivity contribution in [1.82, 2.24) is 15.1 Å². The van der Waals surface area contributed by atoms with Gasteiger partial charge in [-0.15, -0.1) is 0 Å². The smallest absolute Gasteiger partial charge is 0.416 e. The Bertz CT molecular complexity index is 925.